The van der Waals surface area contributed by atoms with Gasteiger partial charge in [-0.25, -0.2) is 0 Å². The quantitative estimate of drug-likeness (QED) is 0.474. The first-order valence-corrected chi connectivity index (χ1v) is 11.1. The van der Waals surface area contributed by atoms with Crippen molar-refractivity contribution in [2.75, 3.05) is 18.5 Å². The van der Waals surface area contributed by atoms with E-state index in [1.54, 1.807) is 42.7 Å². The number of benzene rings is 3. The molecule has 7 heteroatoms. The van der Waals surface area contributed by atoms with Crippen LogP contribution in [0, 0.1) is 0 Å². The summed E-state index contributed by atoms with van der Waals surface area (Å²) in [7, 11) is 3.27. The van der Waals surface area contributed by atoms with E-state index in [4.69, 9.17) is 4.74 Å². The van der Waals surface area contributed by atoms with Crippen molar-refractivity contribution in [1.82, 2.24) is 5.32 Å². The molecule has 1 atom stereocenters. The molecular weight excluding hydrogens is 424 g/mol. The fourth-order valence-corrected chi connectivity index (χ4v) is 4.57. The van der Waals surface area contributed by atoms with E-state index in [9.17, 15) is 14.1 Å². The number of hydrogen-bond donors (Lipinski definition) is 1. The molecule has 1 aliphatic rings. The number of allylic oxidation sites excluding steroid dienone is 1. The summed E-state index contributed by atoms with van der Waals surface area (Å²) in [6.45, 7) is 0.344. The first kappa shape index (κ1) is 21.7. The maximum atomic E-state index is 13.2. The zero-order valence-electron chi connectivity index (χ0n) is 17.7. The van der Waals surface area contributed by atoms with E-state index in [1.165, 1.54) is 0 Å². The van der Waals surface area contributed by atoms with Gasteiger partial charge in [0.2, 0.25) is 10.7 Å². The van der Waals surface area contributed by atoms with Crippen LogP contribution in [0.4, 0.5) is 5.69 Å². The Morgan fingerprint density at radius 1 is 1.09 bits per heavy atom. The normalized spacial score (nSPS) is 16.6. The predicted octanol–water partition coefficient (Wildman–Crippen LogP) is 3.96. The minimum Gasteiger partial charge on any atom is -0.588 e. The topological polar surface area (TPSA) is 81.7 Å². The molecule has 0 aromatic heterocycles. The molecule has 3 aromatic rings. The number of nitrogens with zero attached hydrogens (tertiary/aromatic N) is 1. The Bertz CT molecular complexity index is 1180. The number of anilines is 1. The number of rotatable bonds is 5. The van der Waals surface area contributed by atoms with Crippen molar-refractivity contribution in [2.24, 2.45) is 0 Å². The molecule has 0 saturated heterocycles. The standard InChI is InChI=1S/C25H22N2O4S/c1-27-22-13-10-19(25(29)26-16-18-8-11-20(31-2)12-9-18)15-21(22)24(28)23(32(27)30)14-17-6-4-3-5-7-17/h3-15H,16H2,1-2H3,(H,26,29)/b23-14+. The van der Waals surface area contributed by atoms with Gasteiger partial charge in [-0.2, -0.15) is 4.31 Å². The maximum Gasteiger partial charge on any atom is 0.251 e. The molecule has 0 aliphatic carbocycles. The summed E-state index contributed by atoms with van der Waals surface area (Å²) in [4.78, 5) is 26.1. The van der Waals surface area contributed by atoms with Crippen LogP contribution >= 0.6 is 0 Å². The molecule has 32 heavy (non-hydrogen) atoms. The Morgan fingerprint density at radius 2 is 1.81 bits per heavy atom. The highest BCUT2D eigenvalue weighted by Crippen LogP contribution is 2.35. The van der Waals surface area contributed by atoms with Gasteiger partial charge < -0.3 is 14.6 Å². The lowest BCUT2D eigenvalue weighted by atomic mass is 10.0. The van der Waals surface area contributed by atoms with Crippen LogP contribution in [0.2, 0.25) is 0 Å². The summed E-state index contributed by atoms with van der Waals surface area (Å²) in [6.07, 6.45) is 1.63. The number of carbonyl (C=O) groups excluding carboxylic acids is 2. The van der Waals surface area contributed by atoms with Gasteiger partial charge in [0.05, 0.1) is 25.4 Å². The van der Waals surface area contributed by atoms with Crippen LogP contribution in [0.25, 0.3) is 6.08 Å². The summed E-state index contributed by atoms with van der Waals surface area (Å²) in [6, 6.07) is 21.5. The second-order valence-corrected chi connectivity index (χ2v) is 8.74. The number of fused-ring (bicyclic) bond motifs is 1. The van der Waals surface area contributed by atoms with Crippen molar-refractivity contribution in [3.63, 3.8) is 0 Å². The lowest BCUT2D eigenvalue weighted by molar-refractivity contribution is 0.0951. The van der Waals surface area contributed by atoms with Crippen molar-refractivity contribution in [1.29, 1.82) is 0 Å². The van der Waals surface area contributed by atoms with Crippen LogP contribution in [-0.2, 0) is 17.9 Å². The Labute approximate surface area is 189 Å². The van der Waals surface area contributed by atoms with Gasteiger partial charge in [0.15, 0.2) is 0 Å². The lowest BCUT2D eigenvalue weighted by Crippen LogP contribution is -2.36. The van der Waals surface area contributed by atoms with Crippen LogP contribution in [0.3, 0.4) is 0 Å². The fraction of sp³-hybridized carbons (Fsp3) is 0.120. The highest BCUT2D eigenvalue weighted by molar-refractivity contribution is 7.97. The molecule has 4 rings (SSSR count). The van der Waals surface area contributed by atoms with Crippen molar-refractivity contribution < 1.29 is 18.9 Å². The number of methoxy groups -OCH3 is 1. The van der Waals surface area contributed by atoms with E-state index in [0.717, 1.165) is 16.9 Å². The molecule has 1 amide bonds. The van der Waals surface area contributed by atoms with Gasteiger partial charge in [-0.3, -0.25) is 9.59 Å². The highest BCUT2D eigenvalue weighted by atomic mass is 32.2. The maximum absolute atomic E-state index is 13.2. The number of nitrogens with one attached hydrogen (secondary N) is 1. The van der Waals surface area contributed by atoms with Gasteiger partial charge in [0.1, 0.15) is 17.1 Å². The Balaban J connectivity index is 1.57. The van der Waals surface area contributed by atoms with Crippen molar-refractivity contribution >= 4 is 34.8 Å². The molecule has 6 nitrogen and oxygen atoms in total. The lowest BCUT2D eigenvalue weighted by Gasteiger charge is -2.29. The van der Waals surface area contributed by atoms with Crippen LogP contribution in [0.15, 0.2) is 77.7 Å². The van der Waals surface area contributed by atoms with Crippen LogP contribution in [-0.4, -0.2) is 30.4 Å². The molecule has 0 saturated carbocycles. The Hall–Kier alpha value is -3.55. The van der Waals surface area contributed by atoms with E-state index < -0.39 is 11.4 Å². The Morgan fingerprint density at radius 3 is 2.50 bits per heavy atom. The highest BCUT2D eigenvalue weighted by Gasteiger charge is 2.38. The minimum absolute atomic E-state index is 0.182. The van der Waals surface area contributed by atoms with E-state index in [2.05, 4.69) is 5.32 Å². The molecule has 162 valence electrons. The second kappa shape index (κ2) is 9.30. The summed E-state index contributed by atoms with van der Waals surface area (Å²) in [5.74, 6) is 0.110. The minimum atomic E-state index is -1.63. The van der Waals surface area contributed by atoms with Gasteiger partial charge in [-0.1, -0.05) is 42.5 Å². The van der Waals surface area contributed by atoms with Gasteiger partial charge in [0, 0.05) is 18.2 Å². The van der Waals surface area contributed by atoms with Gasteiger partial charge in [0.25, 0.3) is 5.91 Å². The SMILES string of the molecule is COc1ccc(CNC(=O)c2ccc3c(c2)C(=O)/C(=C\c2ccccc2)[S+]([O-])N3C)cc1. The number of ether oxygens (including phenoxy) is 1. The van der Waals surface area contributed by atoms with E-state index >= 15 is 0 Å². The van der Waals surface area contributed by atoms with Gasteiger partial charge in [-0.05, 0) is 41.5 Å². The summed E-state index contributed by atoms with van der Waals surface area (Å²) in [5.41, 5.74) is 2.97. The second-order valence-electron chi connectivity index (χ2n) is 7.26. The number of carbonyl (C=O) groups is 2. The zero-order chi connectivity index (χ0) is 22.7. The van der Waals surface area contributed by atoms with Crippen LogP contribution in [0.5, 0.6) is 5.75 Å². The molecule has 1 aliphatic heterocycles. The third kappa shape index (κ3) is 4.39. The number of ketones is 1. The molecular formula is C25H22N2O4S. The first-order valence-electron chi connectivity index (χ1n) is 10.00. The predicted molar refractivity (Wildman–Crippen MR) is 126 cm³/mol. The monoisotopic (exact) mass is 446 g/mol. The summed E-state index contributed by atoms with van der Waals surface area (Å²) < 4.78 is 19.6. The average Bonchev–Trinajstić information content (AvgIpc) is 2.84. The molecule has 0 spiro atoms. The molecule has 1 unspecified atom stereocenters. The fourth-order valence-electron chi connectivity index (χ4n) is 3.43. The number of Topliss-reactive ketones (excluding diaryl/α,β-unsaturated/α-hetero) is 1. The van der Waals surface area contributed by atoms with Crippen LogP contribution in [0.1, 0.15) is 31.8 Å². The summed E-state index contributed by atoms with van der Waals surface area (Å²) in [5, 5.41) is 2.87. The van der Waals surface area contributed by atoms with E-state index in [-0.39, 0.29) is 16.6 Å². The van der Waals surface area contributed by atoms with E-state index in [0.29, 0.717) is 23.4 Å². The smallest absolute Gasteiger partial charge is 0.251 e. The number of hydrogen-bond acceptors (Lipinski definition) is 5. The molecule has 0 radical (unpaired) electrons. The van der Waals surface area contributed by atoms with Crippen LogP contribution < -0.4 is 14.4 Å². The van der Waals surface area contributed by atoms with Crippen molar-refractivity contribution in [2.45, 2.75) is 6.54 Å². The number of amides is 1. The summed E-state index contributed by atoms with van der Waals surface area (Å²) >= 11 is -1.63. The first-order chi connectivity index (χ1) is 15.5. The Kier molecular flexibility index (Phi) is 6.30. The van der Waals surface area contributed by atoms with Gasteiger partial charge >= 0.3 is 0 Å². The molecule has 1 N–H and O–H groups in total. The van der Waals surface area contributed by atoms with Gasteiger partial charge in [-0.15, -0.1) is 0 Å². The van der Waals surface area contributed by atoms with E-state index in [1.807, 2.05) is 54.6 Å². The molecule has 0 fully saturated rings. The third-order valence-corrected chi connectivity index (χ3v) is 6.59. The third-order valence-electron chi connectivity index (χ3n) is 5.21. The molecule has 0 bridgehead atoms. The largest absolute Gasteiger partial charge is 0.588 e. The van der Waals surface area contributed by atoms with Crippen molar-refractivity contribution in [3.8, 4) is 5.75 Å². The van der Waals surface area contributed by atoms with Crippen molar-refractivity contribution in [3.05, 3.63) is 100.0 Å². The molecule has 1 heterocycles. The zero-order valence-corrected chi connectivity index (χ0v) is 18.5. The average molecular weight is 447 g/mol. The molecule has 3 aromatic carbocycles.